The number of rotatable bonds is 5. The highest BCUT2D eigenvalue weighted by atomic mass is 32.1. The molecule has 0 spiro atoms. The molecule has 2 atom stereocenters. The number of amides is 2. The molecule has 0 radical (unpaired) electrons. The molecule has 2 amide bonds. The van der Waals surface area contributed by atoms with Crippen LogP contribution in [0.1, 0.15) is 73.6 Å². The molecule has 8 nitrogen and oxygen atoms in total. The summed E-state index contributed by atoms with van der Waals surface area (Å²) in [7, 11) is 0. The van der Waals surface area contributed by atoms with Gasteiger partial charge in [0, 0.05) is 30.6 Å². The molecule has 4 rings (SSSR count). The van der Waals surface area contributed by atoms with Crippen LogP contribution in [0.4, 0.5) is 9.18 Å². The SMILES string of the molecule is CC(C)(C)OC(=O)N1CCC([C@H](N)C(=O)N2CCCC2c2nc(C(=O)c3ccc(F)cc3)cs2)CC1. The second-order valence-corrected chi connectivity index (χ2v) is 11.3. The lowest BCUT2D eigenvalue weighted by molar-refractivity contribution is -0.135. The monoisotopic (exact) mass is 516 g/mol. The minimum Gasteiger partial charge on any atom is -0.444 e. The van der Waals surface area contributed by atoms with Crippen molar-refractivity contribution in [2.75, 3.05) is 19.6 Å². The van der Waals surface area contributed by atoms with Crippen molar-refractivity contribution in [3.8, 4) is 0 Å². The number of nitrogens with zero attached hydrogens (tertiary/aromatic N) is 3. The van der Waals surface area contributed by atoms with Gasteiger partial charge in [0.2, 0.25) is 11.7 Å². The third-order valence-electron chi connectivity index (χ3n) is 6.67. The van der Waals surface area contributed by atoms with Crippen molar-refractivity contribution in [3.63, 3.8) is 0 Å². The maximum Gasteiger partial charge on any atom is 0.410 e. The van der Waals surface area contributed by atoms with Gasteiger partial charge >= 0.3 is 6.09 Å². The van der Waals surface area contributed by atoms with E-state index in [0.29, 0.717) is 48.7 Å². The normalized spacial score (nSPS) is 19.9. The van der Waals surface area contributed by atoms with Gasteiger partial charge < -0.3 is 20.3 Å². The molecule has 2 aliphatic rings. The second kappa shape index (κ2) is 10.6. The van der Waals surface area contributed by atoms with Crippen LogP contribution in [0.15, 0.2) is 29.6 Å². The van der Waals surface area contributed by atoms with Gasteiger partial charge in [-0.15, -0.1) is 11.3 Å². The molecule has 2 aromatic rings. The summed E-state index contributed by atoms with van der Waals surface area (Å²) in [6, 6.07) is 4.50. The minimum absolute atomic E-state index is 0.0238. The topological polar surface area (TPSA) is 106 Å². The Kier molecular flexibility index (Phi) is 7.75. The molecule has 2 fully saturated rings. The Morgan fingerprint density at radius 3 is 2.42 bits per heavy atom. The molecule has 0 bridgehead atoms. The average molecular weight is 517 g/mol. The van der Waals surface area contributed by atoms with Crippen LogP contribution in [0.25, 0.3) is 0 Å². The van der Waals surface area contributed by atoms with E-state index in [2.05, 4.69) is 4.98 Å². The molecule has 2 aliphatic heterocycles. The molecular weight excluding hydrogens is 483 g/mol. The molecule has 0 aliphatic carbocycles. The summed E-state index contributed by atoms with van der Waals surface area (Å²) in [4.78, 5) is 46.5. The third-order valence-corrected chi connectivity index (χ3v) is 7.61. The van der Waals surface area contributed by atoms with Crippen molar-refractivity contribution in [2.45, 2.75) is 64.1 Å². The van der Waals surface area contributed by atoms with E-state index in [0.717, 1.165) is 12.8 Å². The van der Waals surface area contributed by atoms with E-state index in [9.17, 15) is 18.8 Å². The van der Waals surface area contributed by atoms with Crippen LogP contribution in [0.2, 0.25) is 0 Å². The van der Waals surface area contributed by atoms with Crippen LogP contribution < -0.4 is 5.73 Å². The second-order valence-electron chi connectivity index (χ2n) is 10.4. The maximum atomic E-state index is 13.4. The number of ether oxygens (including phenoxy) is 1. The fourth-order valence-electron chi connectivity index (χ4n) is 4.74. The van der Waals surface area contributed by atoms with E-state index >= 15 is 0 Å². The van der Waals surface area contributed by atoms with E-state index in [1.165, 1.54) is 35.6 Å². The fourth-order valence-corrected chi connectivity index (χ4v) is 5.69. The fraction of sp³-hybridized carbons (Fsp3) is 0.538. The van der Waals surface area contributed by atoms with Gasteiger partial charge in [-0.25, -0.2) is 14.2 Å². The summed E-state index contributed by atoms with van der Waals surface area (Å²) >= 11 is 1.35. The summed E-state index contributed by atoms with van der Waals surface area (Å²) in [6.45, 7) is 7.11. The number of ketones is 1. The van der Waals surface area contributed by atoms with E-state index in [4.69, 9.17) is 10.5 Å². The smallest absolute Gasteiger partial charge is 0.410 e. The number of hydrogen-bond acceptors (Lipinski definition) is 7. The van der Waals surface area contributed by atoms with E-state index < -0.39 is 17.5 Å². The highest BCUT2D eigenvalue weighted by Gasteiger charge is 2.39. The van der Waals surface area contributed by atoms with Crippen molar-refractivity contribution < 1.29 is 23.5 Å². The van der Waals surface area contributed by atoms with Crippen LogP contribution in [0.3, 0.4) is 0 Å². The summed E-state index contributed by atoms with van der Waals surface area (Å²) in [5, 5.41) is 2.40. The molecule has 194 valence electrons. The Labute approximate surface area is 214 Å². The average Bonchev–Trinajstić information content (AvgIpc) is 3.52. The first kappa shape index (κ1) is 26.2. The lowest BCUT2D eigenvalue weighted by Gasteiger charge is -2.36. The molecule has 1 unspecified atom stereocenters. The number of carbonyl (C=O) groups is 3. The highest BCUT2D eigenvalue weighted by molar-refractivity contribution is 7.10. The van der Waals surface area contributed by atoms with Gasteiger partial charge in [0.25, 0.3) is 0 Å². The number of hydrogen-bond donors (Lipinski definition) is 1. The number of halogens is 1. The molecule has 36 heavy (non-hydrogen) atoms. The molecule has 1 aromatic carbocycles. The van der Waals surface area contributed by atoms with Crippen molar-refractivity contribution in [2.24, 2.45) is 11.7 Å². The quantitative estimate of drug-likeness (QED) is 0.599. The van der Waals surface area contributed by atoms with Crippen LogP contribution in [0.5, 0.6) is 0 Å². The predicted molar refractivity (Wildman–Crippen MR) is 134 cm³/mol. The zero-order chi connectivity index (χ0) is 26.0. The van der Waals surface area contributed by atoms with E-state index in [-0.39, 0.29) is 29.7 Å². The maximum absolute atomic E-state index is 13.4. The zero-order valence-electron chi connectivity index (χ0n) is 20.9. The standard InChI is InChI=1S/C26H33FN4O4S/c1-26(2,3)35-25(34)30-13-10-16(11-14-30)21(28)24(33)31-12-4-5-20(31)23-29-19(15-36-23)22(32)17-6-8-18(27)9-7-17/h6-9,15-16,20-21H,4-5,10-14,28H2,1-3H3/t20?,21-/m0/s1. The van der Waals surface area contributed by atoms with Crippen molar-refractivity contribution in [1.82, 2.24) is 14.8 Å². The Morgan fingerprint density at radius 1 is 1.11 bits per heavy atom. The number of carbonyl (C=O) groups excluding carboxylic acids is 3. The third kappa shape index (κ3) is 5.92. The first-order chi connectivity index (χ1) is 17.0. The summed E-state index contributed by atoms with van der Waals surface area (Å²) in [5.74, 6) is -0.821. The first-order valence-corrected chi connectivity index (χ1v) is 13.2. The van der Waals surface area contributed by atoms with Crippen molar-refractivity contribution in [3.05, 3.63) is 51.7 Å². The molecule has 10 heteroatoms. The Hall–Kier alpha value is -2.85. The number of likely N-dealkylation sites (tertiary alicyclic amines) is 2. The van der Waals surface area contributed by atoms with E-state index in [1.54, 1.807) is 15.2 Å². The van der Waals surface area contributed by atoms with Crippen molar-refractivity contribution in [1.29, 1.82) is 0 Å². The van der Waals surface area contributed by atoms with Crippen molar-refractivity contribution >= 4 is 29.1 Å². The Bertz CT molecular complexity index is 1110. The lowest BCUT2D eigenvalue weighted by atomic mass is 9.89. The molecule has 2 saturated heterocycles. The number of aromatic nitrogens is 1. The lowest BCUT2D eigenvalue weighted by Crippen LogP contribution is -2.51. The molecule has 1 aromatic heterocycles. The van der Waals surface area contributed by atoms with Crippen LogP contribution in [0, 0.1) is 11.7 Å². The van der Waals surface area contributed by atoms with Gasteiger partial charge in [-0.1, -0.05) is 0 Å². The van der Waals surface area contributed by atoms with Gasteiger partial charge in [-0.2, -0.15) is 0 Å². The van der Waals surface area contributed by atoms with Crippen LogP contribution >= 0.6 is 11.3 Å². The molecule has 0 saturated carbocycles. The summed E-state index contributed by atoms with van der Waals surface area (Å²) in [6.07, 6.45) is 2.53. The number of thiazole rings is 1. The molecular formula is C26H33FN4O4S. The molecule has 2 N–H and O–H groups in total. The van der Waals surface area contributed by atoms with Gasteiger partial charge in [0.15, 0.2) is 0 Å². The van der Waals surface area contributed by atoms with Crippen LogP contribution in [-0.2, 0) is 9.53 Å². The van der Waals surface area contributed by atoms with Crippen LogP contribution in [-0.4, -0.2) is 63.8 Å². The highest BCUT2D eigenvalue weighted by Crippen LogP contribution is 2.35. The summed E-state index contributed by atoms with van der Waals surface area (Å²) in [5.41, 5.74) is 6.56. The number of nitrogens with two attached hydrogens (primary N) is 1. The van der Waals surface area contributed by atoms with Gasteiger partial charge in [0.1, 0.15) is 22.1 Å². The Balaban J connectivity index is 1.37. The number of piperidine rings is 1. The first-order valence-electron chi connectivity index (χ1n) is 12.3. The van der Waals surface area contributed by atoms with Gasteiger partial charge in [-0.05, 0) is 76.6 Å². The summed E-state index contributed by atoms with van der Waals surface area (Å²) < 4.78 is 18.6. The van der Waals surface area contributed by atoms with Gasteiger partial charge in [0.05, 0.1) is 12.1 Å². The predicted octanol–water partition coefficient (Wildman–Crippen LogP) is 4.15. The number of benzene rings is 1. The van der Waals surface area contributed by atoms with Gasteiger partial charge in [-0.3, -0.25) is 9.59 Å². The molecule has 3 heterocycles. The van der Waals surface area contributed by atoms with E-state index in [1.807, 2.05) is 20.8 Å². The largest absolute Gasteiger partial charge is 0.444 e. The minimum atomic E-state index is -0.660. The zero-order valence-corrected chi connectivity index (χ0v) is 21.7. The Morgan fingerprint density at radius 2 is 1.78 bits per heavy atom.